The van der Waals surface area contributed by atoms with Crippen molar-refractivity contribution >= 4 is 17.6 Å². The molecule has 0 atom stereocenters. The first-order chi connectivity index (χ1) is 11.4. The van der Waals surface area contributed by atoms with E-state index < -0.39 is 22.3 Å². The summed E-state index contributed by atoms with van der Waals surface area (Å²) >= 11 is 0. The molecule has 2 aromatic rings. The Morgan fingerprint density at radius 1 is 1.29 bits per heavy atom. The van der Waals surface area contributed by atoms with Gasteiger partial charge in [-0.05, 0) is 31.4 Å². The van der Waals surface area contributed by atoms with Crippen LogP contribution in [0.15, 0.2) is 36.7 Å². The number of rotatable bonds is 5. The number of aliphatic carboxylic acids is 1. The zero-order valence-corrected chi connectivity index (χ0v) is 12.5. The molecule has 0 spiro atoms. The maximum absolute atomic E-state index is 12.2. The molecular weight excluding hydrogens is 316 g/mol. The Kier molecular flexibility index (Phi) is 3.76. The van der Waals surface area contributed by atoms with Gasteiger partial charge in [-0.2, -0.15) is 5.10 Å². The molecule has 1 heterocycles. The van der Waals surface area contributed by atoms with E-state index in [1.54, 1.807) is 0 Å². The molecule has 0 saturated heterocycles. The molecule has 0 radical (unpaired) electrons. The number of hydrogen-bond acceptors (Lipinski definition) is 5. The first-order valence-electron chi connectivity index (χ1n) is 7.27. The molecule has 1 aromatic heterocycles. The SMILES string of the molecule is O=C(NC1(C(=O)O)CCC1)c1cnn(-c2ccc([N+](=O)[O-])cc2)c1. The number of nitrogens with zero attached hydrogens (tertiary/aromatic N) is 3. The third-order valence-corrected chi connectivity index (χ3v) is 4.14. The second-order valence-electron chi connectivity index (χ2n) is 5.64. The van der Waals surface area contributed by atoms with Crippen molar-refractivity contribution in [1.82, 2.24) is 15.1 Å². The van der Waals surface area contributed by atoms with Crippen molar-refractivity contribution in [3.63, 3.8) is 0 Å². The summed E-state index contributed by atoms with van der Waals surface area (Å²) in [6.45, 7) is 0. The van der Waals surface area contributed by atoms with Gasteiger partial charge in [-0.15, -0.1) is 0 Å². The van der Waals surface area contributed by atoms with Crippen LogP contribution in [0.4, 0.5) is 5.69 Å². The number of hydrogen-bond donors (Lipinski definition) is 2. The second kappa shape index (κ2) is 5.76. The Morgan fingerprint density at radius 2 is 1.96 bits per heavy atom. The minimum Gasteiger partial charge on any atom is -0.480 e. The van der Waals surface area contributed by atoms with Crippen LogP contribution in [0.1, 0.15) is 29.6 Å². The van der Waals surface area contributed by atoms with Crippen molar-refractivity contribution in [3.05, 3.63) is 52.3 Å². The molecule has 1 aliphatic carbocycles. The van der Waals surface area contributed by atoms with Gasteiger partial charge in [-0.3, -0.25) is 14.9 Å². The lowest BCUT2D eigenvalue weighted by Gasteiger charge is -2.38. The van der Waals surface area contributed by atoms with Gasteiger partial charge >= 0.3 is 5.97 Å². The van der Waals surface area contributed by atoms with Crippen molar-refractivity contribution in [2.24, 2.45) is 0 Å². The summed E-state index contributed by atoms with van der Waals surface area (Å²) in [5.41, 5.74) is -0.457. The van der Waals surface area contributed by atoms with Crippen molar-refractivity contribution in [3.8, 4) is 5.69 Å². The van der Waals surface area contributed by atoms with E-state index in [0.29, 0.717) is 18.5 Å². The highest BCUT2D eigenvalue weighted by molar-refractivity contribution is 5.97. The van der Waals surface area contributed by atoms with Crippen molar-refractivity contribution in [2.45, 2.75) is 24.8 Å². The lowest BCUT2D eigenvalue weighted by atomic mass is 9.76. The van der Waals surface area contributed by atoms with Crippen LogP contribution in [-0.4, -0.2) is 37.2 Å². The third-order valence-electron chi connectivity index (χ3n) is 4.14. The number of nitro groups is 1. The lowest BCUT2D eigenvalue weighted by molar-refractivity contribution is -0.384. The van der Waals surface area contributed by atoms with E-state index in [2.05, 4.69) is 10.4 Å². The van der Waals surface area contributed by atoms with Gasteiger partial charge in [-0.1, -0.05) is 0 Å². The molecule has 9 heteroatoms. The summed E-state index contributed by atoms with van der Waals surface area (Å²) in [5.74, 6) is -1.55. The van der Waals surface area contributed by atoms with Crippen molar-refractivity contribution in [2.75, 3.05) is 0 Å². The van der Waals surface area contributed by atoms with E-state index in [1.165, 1.54) is 41.3 Å². The third kappa shape index (κ3) is 2.71. The summed E-state index contributed by atoms with van der Waals surface area (Å²) in [7, 11) is 0. The van der Waals surface area contributed by atoms with Crippen LogP contribution in [0.2, 0.25) is 0 Å². The van der Waals surface area contributed by atoms with Gasteiger partial charge in [0.05, 0.1) is 22.4 Å². The number of aromatic nitrogens is 2. The minimum absolute atomic E-state index is 0.0442. The van der Waals surface area contributed by atoms with E-state index in [9.17, 15) is 24.8 Å². The Balaban J connectivity index is 1.76. The van der Waals surface area contributed by atoms with Crippen LogP contribution in [0.3, 0.4) is 0 Å². The zero-order chi connectivity index (χ0) is 17.3. The number of amides is 1. The predicted octanol–water partition coefficient (Wildman–Crippen LogP) is 1.52. The highest BCUT2D eigenvalue weighted by Gasteiger charge is 2.45. The summed E-state index contributed by atoms with van der Waals surface area (Å²) in [5, 5.41) is 26.5. The number of carbonyl (C=O) groups is 2. The van der Waals surface area contributed by atoms with E-state index in [4.69, 9.17) is 0 Å². The average Bonchev–Trinajstić information content (AvgIpc) is 3.00. The number of non-ortho nitro benzene ring substituents is 1. The second-order valence-corrected chi connectivity index (χ2v) is 5.64. The van der Waals surface area contributed by atoms with E-state index in [1.807, 2.05) is 0 Å². The monoisotopic (exact) mass is 330 g/mol. The van der Waals surface area contributed by atoms with Gasteiger partial charge in [-0.25, -0.2) is 9.48 Å². The van der Waals surface area contributed by atoms with Gasteiger partial charge in [0.2, 0.25) is 0 Å². The topological polar surface area (TPSA) is 127 Å². The van der Waals surface area contributed by atoms with Gasteiger partial charge in [0.15, 0.2) is 0 Å². The summed E-state index contributed by atoms with van der Waals surface area (Å²) < 4.78 is 1.40. The number of nitrogens with one attached hydrogen (secondary N) is 1. The van der Waals surface area contributed by atoms with Crippen molar-refractivity contribution in [1.29, 1.82) is 0 Å². The molecule has 0 unspecified atom stereocenters. The molecule has 1 fully saturated rings. The number of benzene rings is 1. The van der Waals surface area contributed by atoms with Crippen LogP contribution in [0.5, 0.6) is 0 Å². The lowest BCUT2D eigenvalue weighted by Crippen LogP contribution is -2.59. The normalized spacial score (nSPS) is 15.3. The molecule has 0 bridgehead atoms. The molecule has 124 valence electrons. The van der Waals surface area contributed by atoms with Crippen LogP contribution in [0.25, 0.3) is 5.69 Å². The Labute approximate surface area is 136 Å². The summed E-state index contributed by atoms with van der Waals surface area (Å²) in [6, 6.07) is 5.70. The first kappa shape index (κ1) is 15.7. The summed E-state index contributed by atoms with van der Waals surface area (Å²) in [6.07, 6.45) is 4.35. The number of carboxylic acid groups (broad SMARTS) is 1. The molecule has 2 N–H and O–H groups in total. The van der Waals surface area contributed by atoms with E-state index >= 15 is 0 Å². The highest BCUT2D eigenvalue weighted by atomic mass is 16.6. The molecule has 1 aliphatic rings. The van der Waals surface area contributed by atoms with Crippen LogP contribution >= 0.6 is 0 Å². The predicted molar refractivity (Wildman–Crippen MR) is 81.9 cm³/mol. The number of nitro benzene ring substituents is 1. The van der Waals surface area contributed by atoms with Gasteiger partial charge in [0.25, 0.3) is 11.6 Å². The fourth-order valence-electron chi connectivity index (χ4n) is 2.52. The largest absolute Gasteiger partial charge is 0.480 e. The molecule has 0 aliphatic heterocycles. The van der Waals surface area contributed by atoms with E-state index in [-0.39, 0.29) is 11.3 Å². The molecule has 1 saturated carbocycles. The molecule has 24 heavy (non-hydrogen) atoms. The number of carboxylic acids is 1. The molecule has 1 amide bonds. The van der Waals surface area contributed by atoms with Crippen LogP contribution in [0, 0.1) is 10.1 Å². The maximum Gasteiger partial charge on any atom is 0.329 e. The Morgan fingerprint density at radius 3 is 2.46 bits per heavy atom. The van der Waals surface area contributed by atoms with Crippen LogP contribution in [-0.2, 0) is 4.79 Å². The molecule has 9 nitrogen and oxygen atoms in total. The highest BCUT2D eigenvalue weighted by Crippen LogP contribution is 2.32. The van der Waals surface area contributed by atoms with E-state index in [0.717, 1.165) is 6.42 Å². The molecule has 1 aromatic carbocycles. The standard InChI is InChI=1S/C15H14N4O5/c20-13(17-15(14(21)22)6-1-7-15)10-8-16-18(9-10)11-2-4-12(5-3-11)19(23)24/h2-5,8-9H,1,6-7H2,(H,17,20)(H,21,22). The zero-order valence-electron chi connectivity index (χ0n) is 12.5. The quantitative estimate of drug-likeness (QED) is 0.632. The first-order valence-corrected chi connectivity index (χ1v) is 7.27. The Hall–Kier alpha value is -3.23. The molecule has 3 rings (SSSR count). The van der Waals surface area contributed by atoms with Gasteiger partial charge in [0, 0.05) is 18.3 Å². The molecular formula is C15H14N4O5. The minimum atomic E-state index is -1.19. The van der Waals surface area contributed by atoms with Crippen LogP contribution < -0.4 is 5.32 Å². The number of carbonyl (C=O) groups excluding carboxylic acids is 1. The smallest absolute Gasteiger partial charge is 0.329 e. The van der Waals surface area contributed by atoms with Gasteiger partial charge < -0.3 is 10.4 Å². The summed E-state index contributed by atoms with van der Waals surface area (Å²) in [4.78, 5) is 33.7. The maximum atomic E-state index is 12.2. The average molecular weight is 330 g/mol. The fourth-order valence-corrected chi connectivity index (χ4v) is 2.52. The van der Waals surface area contributed by atoms with Gasteiger partial charge in [0.1, 0.15) is 5.54 Å². The van der Waals surface area contributed by atoms with Crippen molar-refractivity contribution < 1.29 is 19.6 Å². The fraction of sp³-hybridized carbons (Fsp3) is 0.267. The Bertz CT molecular complexity index is 808.